The smallest absolute Gasteiger partial charge is 0.150 e. The van der Waals surface area contributed by atoms with Crippen molar-refractivity contribution in [3.63, 3.8) is 0 Å². The number of benzene rings is 1. The van der Waals surface area contributed by atoms with Crippen LogP contribution in [0.15, 0.2) is 24.4 Å². The molecule has 0 bridgehead atoms. The summed E-state index contributed by atoms with van der Waals surface area (Å²) in [5.74, 6) is 0. The molecular weight excluding hydrogens is 226 g/mol. The lowest BCUT2D eigenvalue weighted by Crippen LogP contribution is -2.18. The number of aromatic nitrogens is 2. The van der Waals surface area contributed by atoms with Crippen molar-refractivity contribution in [2.24, 2.45) is 0 Å². The van der Waals surface area contributed by atoms with Crippen molar-refractivity contribution in [1.82, 2.24) is 9.78 Å². The summed E-state index contributed by atoms with van der Waals surface area (Å²) in [4.78, 5) is 0. The van der Waals surface area contributed by atoms with Gasteiger partial charge in [0, 0.05) is 17.7 Å². The van der Waals surface area contributed by atoms with E-state index in [9.17, 15) is 0 Å². The minimum atomic E-state index is 0.0769. The Hall–Kier alpha value is -1.55. The van der Waals surface area contributed by atoms with Gasteiger partial charge in [-0.15, -0.1) is 0 Å². The second kappa shape index (κ2) is 5.87. The first-order chi connectivity index (χ1) is 8.84. The van der Waals surface area contributed by atoms with Gasteiger partial charge in [-0.3, -0.25) is 0 Å². The average molecular weight is 247 g/mol. The molecule has 18 heavy (non-hydrogen) atoms. The van der Waals surface area contributed by atoms with Gasteiger partial charge in [0.2, 0.25) is 0 Å². The van der Waals surface area contributed by atoms with Crippen LogP contribution in [0.4, 0.5) is 5.69 Å². The van der Waals surface area contributed by atoms with Crippen LogP contribution in [0.5, 0.6) is 0 Å². The third-order valence-electron chi connectivity index (χ3n) is 3.05. The van der Waals surface area contributed by atoms with E-state index in [0.717, 1.165) is 36.0 Å². The Balaban J connectivity index is 0.000000574. The molecule has 0 amide bonds. The number of anilines is 1. The lowest BCUT2D eigenvalue weighted by atomic mass is 10.2. The summed E-state index contributed by atoms with van der Waals surface area (Å²) in [6, 6.07) is 5.85. The minimum Gasteiger partial charge on any atom is -0.399 e. The largest absolute Gasteiger partial charge is 0.399 e. The Morgan fingerprint density at radius 2 is 2.17 bits per heavy atom. The number of ether oxygens (including phenoxy) is 1. The van der Waals surface area contributed by atoms with Gasteiger partial charge in [-0.1, -0.05) is 13.8 Å². The van der Waals surface area contributed by atoms with E-state index in [4.69, 9.17) is 10.5 Å². The molecule has 1 atom stereocenters. The highest BCUT2D eigenvalue weighted by Crippen LogP contribution is 2.26. The average Bonchev–Trinajstić information content (AvgIpc) is 2.85. The quantitative estimate of drug-likeness (QED) is 0.786. The molecule has 1 aromatic heterocycles. The standard InChI is InChI=1S/C12H15N3O.C2H6/c13-10-5-4-9-8-14-15(11(9)7-10)12-3-1-2-6-16-12;1-2/h4-5,7-8,12H,1-3,6,13H2;1-2H3. The molecule has 1 aliphatic heterocycles. The Morgan fingerprint density at radius 3 is 2.89 bits per heavy atom. The van der Waals surface area contributed by atoms with Crippen LogP contribution < -0.4 is 5.73 Å². The first-order valence-corrected chi connectivity index (χ1v) is 6.69. The molecule has 1 aromatic carbocycles. The summed E-state index contributed by atoms with van der Waals surface area (Å²) in [6.07, 6.45) is 5.33. The van der Waals surface area contributed by atoms with Crippen LogP contribution in [0, 0.1) is 0 Å². The summed E-state index contributed by atoms with van der Waals surface area (Å²) in [7, 11) is 0. The Kier molecular flexibility index (Phi) is 4.20. The molecule has 1 aliphatic rings. The Bertz CT molecular complexity index is 501. The molecule has 0 spiro atoms. The van der Waals surface area contributed by atoms with Crippen LogP contribution in [-0.2, 0) is 4.74 Å². The topological polar surface area (TPSA) is 53.1 Å². The molecule has 1 saturated heterocycles. The number of nitrogen functional groups attached to an aromatic ring is 1. The third-order valence-corrected chi connectivity index (χ3v) is 3.05. The monoisotopic (exact) mass is 247 g/mol. The van der Waals surface area contributed by atoms with E-state index in [0.29, 0.717) is 0 Å². The molecular formula is C14H21N3O. The highest BCUT2D eigenvalue weighted by molar-refractivity contribution is 5.81. The second-order valence-corrected chi connectivity index (χ2v) is 4.23. The summed E-state index contributed by atoms with van der Waals surface area (Å²) < 4.78 is 7.68. The molecule has 98 valence electrons. The van der Waals surface area contributed by atoms with Crippen molar-refractivity contribution in [2.75, 3.05) is 12.3 Å². The molecule has 1 unspecified atom stereocenters. The maximum Gasteiger partial charge on any atom is 0.150 e. The predicted octanol–water partition coefficient (Wildman–Crippen LogP) is 3.34. The number of rotatable bonds is 1. The second-order valence-electron chi connectivity index (χ2n) is 4.23. The maximum absolute atomic E-state index is 5.80. The van der Waals surface area contributed by atoms with Crippen molar-refractivity contribution in [1.29, 1.82) is 0 Å². The van der Waals surface area contributed by atoms with E-state index in [1.54, 1.807) is 0 Å². The van der Waals surface area contributed by atoms with Crippen LogP contribution in [-0.4, -0.2) is 16.4 Å². The van der Waals surface area contributed by atoms with Crippen LogP contribution in [0.3, 0.4) is 0 Å². The molecule has 4 nitrogen and oxygen atoms in total. The van der Waals surface area contributed by atoms with E-state index >= 15 is 0 Å². The third kappa shape index (κ3) is 2.48. The predicted molar refractivity (Wildman–Crippen MR) is 74.3 cm³/mol. The molecule has 0 radical (unpaired) electrons. The number of hydrogen-bond acceptors (Lipinski definition) is 3. The summed E-state index contributed by atoms with van der Waals surface area (Å²) in [6.45, 7) is 4.83. The van der Waals surface area contributed by atoms with Crippen molar-refractivity contribution >= 4 is 16.6 Å². The zero-order valence-corrected chi connectivity index (χ0v) is 11.1. The van der Waals surface area contributed by atoms with Crippen molar-refractivity contribution in [3.05, 3.63) is 24.4 Å². The van der Waals surface area contributed by atoms with E-state index in [1.165, 1.54) is 6.42 Å². The Labute approximate surface area is 108 Å². The van der Waals surface area contributed by atoms with Crippen LogP contribution in [0.25, 0.3) is 10.9 Å². The van der Waals surface area contributed by atoms with Gasteiger partial charge in [0.1, 0.15) is 0 Å². The fourth-order valence-corrected chi connectivity index (χ4v) is 2.20. The fourth-order valence-electron chi connectivity index (χ4n) is 2.20. The van der Waals surface area contributed by atoms with Gasteiger partial charge < -0.3 is 10.5 Å². The van der Waals surface area contributed by atoms with Crippen molar-refractivity contribution in [3.8, 4) is 0 Å². The van der Waals surface area contributed by atoms with Gasteiger partial charge in [-0.05, 0) is 37.5 Å². The number of hydrogen-bond donors (Lipinski definition) is 1. The van der Waals surface area contributed by atoms with E-state index < -0.39 is 0 Å². The fraction of sp³-hybridized carbons (Fsp3) is 0.500. The van der Waals surface area contributed by atoms with Crippen LogP contribution >= 0.6 is 0 Å². The lowest BCUT2D eigenvalue weighted by Gasteiger charge is -2.23. The molecule has 4 heteroatoms. The number of fused-ring (bicyclic) bond motifs is 1. The van der Waals surface area contributed by atoms with E-state index in [-0.39, 0.29) is 6.23 Å². The van der Waals surface area contributed by atoms with Gasteiger partial charge >= 0.3 is 0 Å². The molecule has 1 fully saturated rings. The van der Waals surface area contributed by atoms with Gasteiger partial charge in [-0.25, -0.2) is 4.68 Å². The van der Waals surface area contributed by atoms with Gasteiger partial charge in [0.05, 0.1) is 11.7 Å². The van der Waals surface area contributed by atoms with Crippen molar-refractivity contribution in [2.45, 2.75) is 39.3 Å². The summed E-state index contributed by atoms with van der Waals surface area (Å²) in [5.41, 5.74) is 7.63. The molecule has 2 N–H and O–H groups in total. The minimum absolute atomic E-state index is 0.0769. The van der Waals surface area contributed by atoms with Gasteiger partial charge in [-0.2, -0.15) is 5.10 Å². The molecule has 2 aromatic rings. The Morgan fingerprint density at radius 1 is 1.33 bits per heavy atom. The van der Waals surface area contributed by atoms with E-state index in [2.05, 4.69) is 5.10 Å². The summed E-state index contributed by atoms with van der Waals surface area (Å²) in [5, 5.41) is 5.51. The van der Waals surface area contributed by atoms with Gasteiger partial charge in [0.25, 0.3) is 0 Å². The van der Waals surface area contributed by atoms with Gasteiger partial charge in [0.15, 0.2) is 6.23 Å². The first-order valence-electron chi connectivity index (χ1n) is 6.69. The van der Waals surface area contributed by atoms with Crippen LogP contribution in [0.1, 0.15) is 39.3 Å². The van der Waals surface area contributed by atoms with Crippen molar-refractivity contribution < 1.29 is 4.74 Å². The SMILES string of the molecule is CC.Nc1ccc2cnn(C3CCCCO3)c2c1. The molecule has 0 aliphatic carbocycles. The first kappa shape index (κ1) is 12.9. The lowest BCUT2D eigenvalue weighted by molar-refractivity contribution is -0.0366. The zero-order chi connectivity index (χ0) is 13.0. The number of nitrogens with zero attached hydrogens (tertiary/aromatic N) is 2. The van der Waals surface area contributed by atoms with E-state index in [1.807, 2.05) is 42.9 Å². The molecule has 3 rings (SSSR count). The normalized spacial score (nSPS) is 19.3. The molecule has 2 heterocycles. The summed E-state index contributed by atoms with van der Waals surface area (Å²) >= 11 is 0. The van der Waals surface area contributed by atoms with Crippen LogP contribution in [0.2, 0.25) is 0 Å². The highest BCUT2D eigenvalue weighted by atomic mass is 16.5. The number of nitrogens with two attached hydrogens (primary N) is 1. The highest BCUT2D eigenvalue weighted by Gasteiger charge is 2.18. The maximum atomic E-state index is 5.80. The zero-order valence-electron chi connectivity index (χ0n) is 11.1. The molecule has 0 saturated carbocycles.